The fourth-order valence-electron chi connectivity index (χ4n) is 2.52. The van der Waals surface area contributed by atoms with Crippen LogP contribution in [-0.2, 0) is 9.53 Å². The Labute approximate surface area is 120 Å². The molecule has 0 bridgehead atoms. The van der Waals surface area contributed by atoms with Gasteiger partial charge in [0.15, 0.2) is 0 Å². The van der Waals surface area contributed by atoms with Gasteiger partial charge in [-0.05, 0) is 47.5 Å². The van der Waals surface area contributed by atoms with Crippen molar-refractivity contribution in [2.75, 3.05) is 6.61 Å². The number of nitrogens with zero attached hydrogens (tertiary/aromatic N) is 1. The molecular weight excluding hydrogens is 260 g/mol. The molecule has 0 aromatic carbocycles. The first-order chi connectivity index (χ1) is 9.12. The van der Waals surface area contributed by atoms with E-state index >= 15 is 0 Å². The smallest absolute Gasteiger partial charge is 0.408 e. The molecule has 0 spiro atoms. The van der Waals surface area contributed by atoms with Crippen molar-refractivity contribution in [1.29, 1.82) is 0 Å². The Morgan fingerprint density at radius 1 is 1.30 bits per heavy atom. The maximum absolute atomic E-state index is 11.8. The molecule has 0 aliphatic carbocycles. The van der Waals surface area contributed by atoms with Crippen molar-refractivity contribution in [3.63, 3.8) is 0 Å². The fraction of sp³-hybridized carbons (Fsp3) is 0.857. The normalized spacial score (nSPS) is 23.5. The zero-order chi connectivity index (χ0) is 15.5. The fourth-order valence-corrected chi connectivity index (χ4v) is 2.52. The summed E-state index contributed by atoms with van der Waals surface area (Å²) in [5, 5.41) is 12.2. The highest BCUT2D eigenvalue weighted by Crippen LogP contribution is 2.25. The van der Waals surface area contributed by atoms with Gasteiger partial charge in [-0.1, -0.05) is 0 Å². The second-order valence-corrected chi connectivity index (χ2v) is 6.54. The standard InChI is InChI=1S/C14H26N2O4/c1-9(2)15-12(17)11-7-6-10(8-20-11)16(13(18)19)14(3,4)5/h9-11H,6-8H2,1-5H3,(H,15,17)(H,18,19)/t10-,11+/m1/s1. The molecule has 1 rings (SSSR count). The van der Waals surface area contributed by atoms with Crippen LogP contribution in [0.4, 0.5) is 4.79 Å². The second-order valence-electron chi connectivity index (χ2n) is 6.54. The van der Waals surface area contributed by atoms with E-state index in [-0.39, 0.29) is 24.6 Å². The van der Waals surface area contributed by atoms with Crippen LogP contribution >= 0.6 is 0 Å². The van der Waals surface area contributed by atoms with Crippen molar-refractivity contribution in [2.24, 2.45) is 0 Å². The zero-order valence-corrected chi connectivity index (χ0v) is 13.0. The number of ether oxygens (including phenoxy) is 1. The first-order valence-corrected chi connectivity index (χ1v) is 7.07. The Bertz CT molecular complexity index is 355. The van der Waals surface area contributed by atoms with Gasteiger partial charge in [0.2, 0.25) is 5.91 Å². The summed E-state index contributed by atoms with van der Waals surface area (Å²) in [6.07, 6.45) is -0.233. The molecule has 2 atom stereocenters. The maximum Gasteiger partial charge on any atom is 0.408 e. The molecule has 0 saturated carbocycles. The molecule has 116 valence electrons. The lowest BCUT2D eigenvalue weighted by atomic mass is 9.97. The molecule has 20 heavy (non-hydrogen) atoms. The van der Waals surface area contributed by atoms with Crippen LogP contribution in [0.3, 0.4) is 0 Å². The number of carboxylic acid groups (broad SMARTS) is 1. The minimum absolute atomic E-state index is 0.0777. The van der Waals surface area contributed by atoms with Gasteiger partial charge in [0.25, 0.3) is 0 Å². The quantitative estimate of drug-likeness (QED) is 0.829. The third kappa shape index (κ3) is 4.37. The molecule has 1 heterocycles. The van der Waals surface area contributed by atoms with Crippen LogP contribution < -0.4 is 5.32 Å². The number of carbonyl (C=O) groups excluding carboxylic acids is 1. The SMILES string of the molecule is CC(C)NC(=O)[C@@H]1CC[C@@H](N(C(=O)O)C(C)(C)C)CO1. The third-order valence-corrected chi connectivity index (χ3v) is 3.27. The minimum Gasteiger partial charge on any atom is -0.465 e. The molecule has 1 aliphatic heterocycles. The van der Waals surface area contributed by atoms with Crippen molar-refractivity contribution in [3.05, 3.63) is 0 Å². The number of carbonyl (C=O) groups is 2. The number of hydrogen-bond acceptors (Lipinski definition) is 3. The number of hydrogen-bond donors (Lipinski definition) is 2. The van der Waals surface area contributed by atoms with Gasteiger partial charge in [-0.2, -0.15) is 0 Å². The Kier molecular flexibility index (Phi) is 5.39. The molecule has 6 heteroatoms. The molecule has 0 radical (unpaired) electrons. The van der Waals surface area contributed by atoms with E-state index in [0.29, 0.717) is 12.8 Å². The molecule has 0 unspecified atom stereocenters. The van der Waals surface area contributed by atoms with Gasteiger partial charge in [-0.3, -0.25) is 9.69 Å². The van der Waals surface area contributed by atoms with E-state index in [2.05, 4.69) is 5.32 Å². The van der Waals surface area contributed by atoms with Gasteiger partial charge >= 0.3 is 6.09 Å². The average molecular weight is 286 g/mol. The topological polar surface area (TPSA) is 78.9 Å². The molecule has 0 aromatic heterocycles. The lowest BCUT2D eigenvalue weighted by Gasteiger charge is -2.42. The Balaban J connectivity index is 2.61. The molecule has 1 fully saturated rings. The Morgan fingerprint density at radius 2 is 1.90 bits per heavy atom. The van der Waals surface area contributed by atoms with Crippen LogP contribution in [0.1, 0.15) is 47.5 Å². The van der Waals surface area contributed by atoms with Crippen LogP contribution in [0, 0.1) is 0 Å². The highest BCUT2D eigenvalue weighted by molar-refractivity contribution is 5.81. The molecule has 1 aliphatic rings. The van der Waals surface area contributed by atoms with Gasteiger partial charge in [0, 0.05) is 11.6 Å². The monoisotopic (exact) mass is 286 g/mol. The molecule has 1 saturated heterocycles. The summed E-state index contributed by atoms with van der Waals surface area (Å²) in [5.41, 5.74) is -0.479. The summed E-state index contributed by atoms with van der Waals surface area (Å²) in [5.74, 6) is -0.115. The van der Waals surface area contributed by atoms with Crippen LogP contribution in [0.25, 0.3) is 0 Å². The molecule has 2 amide bonds. The van der Waals surface area contributed by atoms with E-state index in [1.54, 1.807) is 0 Å². The lowest BCUT2D eigenvalue weighted by Crippen LogP contribution is -2.55. The van der Waals surface area contributed by atoms with Crippen molar-refractivity contribution in [2.45, 2.75) is 71.2 Å². The summed E-state index contributed by atoms with van der Waals surface area (Å²) >= 11 is 0. The maximum atomic E-state index is 11.8. The Morgan fingerprint density at radius 3 is 2.25 bits per heavy atom. The van der Waals surface area contributed by atoms with Gasteiger partial charge in [0.1, 0.15) is 6.10 Å². The van der Waals surface area contributed by atoms with E-state index in [1.165, 1.54) is 4.90 Å². The predicted octanol–water partition coefficient (Wildman–Crippen LogP) is 1.84. The second kappa shape index (κ2) is 6.43. The molecular formula is C14H26N2O4. The zero-order valence-electron chi connectivity index (χ0n) is 13.0. The van der Waals surface area contributed by atoms with E-state index < -0.39 is 17.7 Å². The first kappa shape index (κ1) is 16.8. The Hall–Kier alpha value is -1.30. The molecule has 6 nitrogen and oxygen atoms in total. The van der Waals surface area contributed by atoms with E-state index in [1.807, 2.05) is 34.6 Å². The highest BCUT2D eigenvalue weighted by atomic mass is 16.5. The largest absolute Gasteiger partial charge is 0.465 e. The van der Waals surface area contributed by atoms with Gasteiger partial charge in [-0.15, -0.1) is 0 Å². The van der Waals surface area contributed by atoms with E-state index in [9.17, 15) is 14.7 Å². The lowest BCUT2D eigenvalue weighted by molar-refractivity contribution is -0.139. The van der Waals surface area contributed by atoms with Gasteiger partial charge in [0.05, 0.1) is 12.6 Å². The van der Waals surface area contributed by atoms with E-state index in [0.717, 1.165) is 0 Å². The highest BCUT2D eigenvalue weighted by Gasteiger charge is 2.37. The number of rotatable bonds is 3. The van der Waals surface area contributed by atoms with Gasteiger partial charge < -0.3 is 15.2 Å². The van der Waals surface area contributed by atoms with Crippen LogP contribution in [-0.4, -0.2) is 52.3 Å². The van der Waals surface area contributed by atoms with Crippen LogP contribution in [0.5, 0.6) is 0 Å². The summed E-state index contributed by atoms with van der Waals surface area (Å²) < 4.78 is 5.56. The summed E-state index contributed by atoms with van der Waals surface area (Å²) in [4.78, 5) is 24.7. The van der Waals surface area contributed by atoms with E-state index in [4.69, 9.17) is 4.74 Å². The van der Waals surface area contributed by atoms with Crippen LogP contribution in [0.15, 0.2) is 0 Å². The summed E-state index contributed by atoms with van der Waals surface area (Å²) in [7, 11) is 0. The molecule has 0 aromatic rings. The molecule has 2 N–H and O–H groups in total. The van der Waals surface area contributed by atoms with Crippen molar-refractivity contribution < 1.29 is 19.4 Å². The number of nitrogens with one attached hydrogen (secondary N) is 1. The average Bonchev–Trinajstić information content (AvgIpc) is 2.26. The van der Waals surface area contributed by atoms with Crippen molar-refractivity contribution in [3.8, 4) is 0 Å². The van der Waals surface area contributed by atoms with Crippen molar-refractivity contribution in [1.82, 2.24) is 10.2 Å². The minimum atomic E-state index is -0.948. The summed E-state index contributed by atoms with van der Waals surface area (Å²) in [6.45, 7) is 9.64. The number of amides is 2. The van der Waals surface area contributed by atoms with Crippen LogP contribution in [0.2, 0.25) is 0 Å². The van der Waals surface area contributed by atoms with Gasteiger partial charge in [-0.25, -0.2) is 4.79 Å². The first-order valence-electron chi connectivity index (χ1n) is 7.07. The third-order valence-electron chi connectivity index (χ3n) is 3.27. The predicted molar refractivity (Wildman–Crippen MR) is 75.7 cm³/mol. The van der Waals surface area contributed by atoms with Crippen molar-refractivity contribution >= 4 is 12.0 Å². The summed E-state index contributed by atoms with van der Waals surface area (Å²) in [6, 6.07) is -0.121.